The second kappa shape index (κ2) is 5.88. The number of hydrogen-bond acceptors (Lipinski definition) is 6. The van der Waals surface area contributed by atoms with Crippen LogP contribution >= 0.6 is 11.3 Å². The van der Waals surface area contributed by atoms with Crippen molar-refractivity contribution in [2.75, 3.05) is 0 Å². The molecule has 0 aliphatic carbocycles. The molecule has 3 rings (SSSR count). The molecule has 3 aromatic rings. The molecule has 0 unspecified atom stereocenters. The topological polar surface area (TPSA) is 85.8 Å². The zero-order valence-corrected chi connectivity index (χ0v) is 12.1. The van der Waals surface area contributed by atoms with Gasteiger partial charge in [-0.15, -0.1) is 11.3 Å². The molecule has 3 heterocycles. The second-order valence-electron chi connectivity index (χ2n) is 4.29. The van der Waals surface area contributed by atoms with Crippen molar-refractivity contribution < 1.29 is 9.32 Å². The fraction of sp³-hybridized carbons (Fsp3) is 0.231. The quantitative estimate of drug-likeness (QED) is 0.778. The van der Waals surface area contributed by atoms with Gasteiger partial charge < -0.3 is 9.84 Å². The third kappa shape index (κ3) is 3.00. The standard InChI is InChI=1S/C13H13N5O2S/c1-2-18-8-9(7-15-18)6-14-12(19)13-16-11(17-20-13)10-4-3-5-21-10/h3-5,7-8H,2,6H2,1H3,(H,14,19). The van der Waals surface area contributed by atoms with Crippen LogP contribution in [0.1, 0.15) is 23.2 Å². The highest BCUT2D eigenvalue weighted by molar-refractivity contribution is 7.13. The number of rotatable bonds is 5. The molecule has 3 aromatic heterocycles. The summed E-state index contributed by atoms with van der Waals surface area (Å²) in [7, 11) is 0. The molecule has 1 amide bonds. The van der Waals surface area contributed by atoms with Crippen LogP contribution in [0.25, 0.3) is 10.7 Å². The summed E-state index contributed by atoms with van der Waals surface area (Å²) in [6.07, 6.45) is 3.60. The van der Waals surface area contributed by atoms with Gasteiger partial charge in [0.15, 0.2) is 0 Å². The minimum Gasteiger partial charge on any atom is -0.344 e. The number of thiophene rings is 1. The highest BCUT2D eigenvalue weighted by Gasteiger charge is 2.16. The van der Waals surface area contributed by atoms with E-state index in [0.29, 0.717) is 12.4 Å². The van der Waals surface area contributed by atoms with E-state index in [-0.39, 0.29) is 5.89 Å². The van der Waals surface area contributed by atoms with Crippen molar-refractivity contribution in [1.29, 1.82) is 0 Å². The third-order valence-corrected chi connectivity index (χ3v) is 3.69. The number of aryl methyl sites for hydroxylation is 1. The molecule has 21 heavy (non-hydrogen) atoms. The molecular formula is C13H13N5O2S. The van der Waals surface area contributed by atoms with Gasteiger partial charge in [0, 0.05) is 24.8 Å². The lowest BCUT2D eigenvalue weighted by Gasteiger charge is -1.98. The average molecular weight is 303 g/mol. The van der Waals surface area contributed by atoms with Crippen LogP contribution in [-0.4, -0.2) is 25.8 Å². The van der Waals surface area contributed by atoms with Gasteiger partial charge in [-0.2, -0.15) is 10.1 Å². The van der Waals surface area contributed by atoms with Gasteiger partial charge in [-0.1, -0.05) is 11.2 Å². The predicted molar refractivity (Wildman–Crippen MR) is 76.7 cm³/mol. The molecule has 7 nitrogen and oxygen atoms in total. The van der Waals surface area contributed by atoms with Crippen molar-refractivity contribution in [2.24, 2.45) is 0 Å². The van der Waals surface area contributed by atoms with E-state index in [1.54, 1.807) is 10.9 Å². The van der Waals surface area contributed by atoms with E-state index in [9.17, 15) is 4.79 Å². The van der Waals surface area contributed by atoms with E-state index in [1.807, 2.05) is 30.6 Å². The Morgan fingerprint density at radius 3 is 3.14 bits per heavy atom. The van der Waals surface area contributed by atoms with Gasteiger partial charge in [-0.05, 0) is 18.4 Å². The fourth-order valence-corrected chi connectivity index (χ4v) is 2.40. The highest BCUT2D eigenvalue weighted by atomic mass is 32.1. The molecule has 0 aromatic carbocycles. The normalized spacial score (nSPS) is 10.7. The molecule has 0 fully saturated rings. The Morgan fingerprint density at radius 1 is 1.52 bits per heavy atom. The van der Waals surface area contributed by atoms with Gasteiger partial charge in [-0.3, -0.25) is 9.48 Å². The number of aromatic nitrogens is 4. The van der Waals surface area contributed by atoms with Crippen LogP contribution in [0.5, 0.6) is 0 Å². The van der Waals surface area contributed by atoms with Gasteiger partial charge in [0.1, 0.15) is 0 Å². The molecule has 0 atom stereocenters. The summed E-state index contributed by atoms with van der Waals surface area (Å²) < 4.78 is 6.77. The summed E-state index contributed by atoms with van der Waals surface area (Å²) in [4.78, 5) is 16.9. The maximum absolute atomic E-state index is 11.9. The van der Waals surface area contributed by atoms with E-state index in [0.717, 1.165) is 17.0 Å². The molecule has 0 spiro atoms. The van der Waals surface area contributed by atoms with Crippen LogP contribution in [0.15, 0.2) is 34.4 Å². The minimum absolute atomic E-state index is 0.0405. The lowest BCUT2D eigenvalue weighted by Crippen LogP contribution is -2.22. The molecule has 108 valence electrons. The van der Waals surface area contributed by atoms with Gasteiger partial charge in [0.25, 0.3) is 0 Å². The Balaban J connectivity index is 1.63. The highest BCUT2D eigenvalue weighted by Crippen LogP contribution is 2.21. The lowest BCUT2D eigenvalue weighted by molar-refractivity contribution is 0.0907. The summed E-state index contributed by atoms with van der Waals surface area (Å²) in [5, 5.41) is 12.6. The molecule has 1 N–H and O–H groups in total. The van der Waals surface area contributed by atoms with Crippen LogP contribution in [0.3, 0.4) is 0 Å². The zero-order chi connectivity index (χ0) is 14.7. The van der Waals surface area contributed by atoms with E-state index in [4.69, 9.17) is 4.52 Å². The molecule has 0 radical (unpaired) electrons. The van der Waals surface area contributed by atoms with Gasteiger partial charge >= 0.3 is 11.8 Å². The Bertz CT molecular complexity index is 731. The molecule has 0 saturated heterocycles. The second-order valence-corrected chi connectivity index (χ2v) is 5.24. The maximum Gasteiger partial charge on any atom is 0.316 e. The van der Waals surface area contributed by atoms with E-state index >= 15 is 0 Å². The van der Waals surface area contributed by atoms with Crippen LogP contribution in [0.2, 0.25) is 0 Å². The SMILES string of the molecule is CCn1cc(CNC(=O)c2nc(-c3cccs3)no2)cn1. The smallest absolute Gasteiger partial charge is 0.316 e. The largest absolute Gasteiger partial charge is 0.344 e. The molecule has 8 heteroatoms. The molecule has 0 bridgehead atoms. The Labute approximate surface area is 124 Å². The van der Waals surface area contributed by atoms with Crippen molar-refractivity contribution >= 4 is 17.2 Å². The van der Waals surface area contributed by atoms with Crippen molar-refractivity contribution in [2.45, 2.75) is 20.0 Å². The summed E-state index contributed by atoms with van der Waals surface area (Å²) >= 11 is 1.49. The summed E-state index contributed by atoms with van der Waals surface area (Å²) in [6.45, 7) is 3.16. The van der Waals surface area contributed by atoms with Crippen molar-refractivity contribution in [3.63, 3.8) is 0 Å². The van der Waals surface area contributed by atoms with Crippen molar-refractivity contribution in [3.05, 3.63) is 41.4 Å². The summed E-state index contributed by atoms with van der Waals surface area (Å²) in [5.74, 6) is -0.00945. The Hall–Kier alpha value is -2.48. The third-order valence-electron chi connectivity index (χ3n) is 2.83. The number of hydrogen-bond donors (Lipinski definition) is 1. The fourth-order valence-electron chi connectivity index (χ4n) is 1.75. The van der Waals surface area contributed by atoms with Gasteiger partial charge in [-0.25, -0.2) is 0 Å². The molecule has 0 aliphatic rings. The first-order chi connectivity index (χ1) is 10.3. The number of nitrogens with one attached hydrogen (secondary N) is 1. The van der Waals surface area contributed by atoms with Gasteiger partial charge in [0.05, 0.1) is 11.1 Å². The van der Waals surface area contributed by atoms with Crippen LogP contribution in [0, 0.1) is 0 Å². The lowest BCUT2D eigenvalue weighted by atomic mass is 10.3. The number of carbonyl (C=O) groups is 1. The predicted octanol–water partition coefficient (Wildman–Crippen LogP) is 1.94. The first kappa shape index (κ1) is 13.5. The maximum atomic E-state index is 11.9. The van der Waals surface area contributed by atoms with E-state index in [2.05, 4.69) is 20.6 Å². The number of carbonyl (C=O) groups excluding carboxylic acids is 1. The number of nitrogens with zero attached hydrogens (tertiary/aromatic N) is 4. The molecular weight excluding hydrogens is 290 g/mol. The first-order valence-corrected chi connectivity index (χ1v) is 7.31. The van der Waals surface area contributed by atoms with Crippen molar-refractivity contribution in [1.82, 2.24) is 25.2 Å². The van der Waals surface area contributed by atoms with E-state index in [1.165, 1.54) is 11.3 Å². The van der Waals surface area contributed by atoms with Gasteiger partial charge in [0.2, 0.25) is 5.82 Å². The van der Waals surface area contributed by atoms with Crippen LogP contribution < -0.4 is 5.32 Å². The monoisotopic (exact) mass is 303 g/mol. The van der Waals surface area contributed by atoms with E-state index < -0.39 is 5.91 Å². The minimum atomic E-state index is -0.394. The summed E-state index contributed by atoms with van der Waals surface area (Å²) in [5.41, 5.74) is 0.920. The van der Waals surface area contributed by atoms with Crippen LogP contribution in [-0.2, 0) is 13.1 Å². The molecule has 0 saturated carbocycles. The first-order valence-electron chi connectivity index (χ1n) is 6.43. The van der Waals surface area contributed by atoms with Crippen molar-refractivity contribution in [3.8, 4) is 10.7 Å². The zero-order valence-electron chi connectivity index (χ0n) is 11.3. The van der Waals surface area contributed by atoms with Crippen LogP contribution in [0.4, 0.5) is 0 Å². The summed E-state index contributed by atoms with van der Waals surface area (Å²) in [6, 6.07) is 3.76. The average Bonchev–Trinajstić information content (AvgIpc) is 3.24. The molecule has 0 aliphatic heterocycles. The Kier molecular flexibility index (Phi) is 3.78. The number of amides is 1. The Morgan fingerprint density at radius 2 is 2.43 bits per heavy atom.